The van der Waals surface area contributed by atoms with Crippen LogP contribution in [-0.4, -0.2) is 17.2 Å². The van der Waals surface area contributed by atoms with Gasteiger partial charge in [0.05, 0.1) is 12.3 Å². The molecule has 0 radical (unpaired) electrons. The molecule has 13 heavy (non-hydrogen) atoms. The average Bonchev–Trinajstić information content (AvgIpc) is 2.06. The van der Waals surface area contributed by atoms with Crippen molar-refractivity contribution in [2.24, 2.45) is 0 Å². The van der Waals surface area contributed by atoms with Crippen LogP contribution in [0.1, 0.15) is 16.8 Å². The quantitative estimate of drug-likeness (QED) is 0.799. The van der Waals surface area contributed by atoms with Gasteiger partial charge in [0.2, 0.25) is 0 Å². The van der Waals surface area contributed by atoms with Crippen molar-refractivity contribution in [3.05, 3.63) is 23.0 Å². The second-order valence-corrected chi connectivity index (χ2v) is 2.79. The van der Waals surface area contributed by atoms with Gasteiger partial charge in [0.1, 0.15) is 5.75 Å². The summed E-state index contributed by atoms with van der Waals surface area (Å²) in [4.78, 5) is 4.02. The topological polar surface area (TPSA) is 42.4 Å². The predicted molar refractivity (Wildman–Crippen MR) is 53.3 cm³/mol. The standard InChI is InChI=1S/C9H13NO2.ClH/c1-6-4-10-7(2)9(11)8(6)5-12-3;/h4,11H,5H2,1-3H3;1H. The van der Waals surface area contributed by atoms with E-state index in [0.717, 1.165) is 11.1 Å². The second-order valence-electron chi connectivity index (χ2n) is 2.79. The first-order valence-electron chi connectivity index (χ1n) is 3.79. The van der Waals surface area contributed by atoms with E-state index in [2.05, 4.69) is 4.98 Å². The van der Waals surface area contributed by atoms with Crippen molar-refractivity contribution in [3.8, 4) is 5.75 Å². The van der Waals surface area contributed by atoms with Crippen LogP contribution < -0.4 is 0 Å². The van der Waals surface area contributed by atoms with Gasteiger partial charge in [-0.15, -0.1) is 12.4 Å². The molecule has 0 saturated heterocycles. The van der Waals surface area contributed by atoms with Crippen molar-refractivity contribution in [2.45, 2.75) is 20.5 Å². The highest BCUT2D eigenvalue weighted by Gasteiger charge is 2.07. The van der Waals surface area contributed by atoms with E-state index in [9.17, 15) is 5.11 Å². The molecule has 1 heterocycles. The Morgan fingerprint density at radius 3 is 2.62 bits per heavy atom. The first kappa shape index (κ1) is 12.2. The molecular formula is C9H14ClNO2. The van der Waals surface area contributed by atoms with Crippen LogP contribution in [0.2, 0.25) is 0 Å². The Hall–Kier alpha value is -0.800. The zero-order valence-electron chi connectivity index (χ0n) is 8.00. The summed E-state index contributed by atoms with van der Waals surface area (Å²) in [6.45, 7) is 4.11. The van der Waals surface area contributed by atoms with E-state index >= 15 is 0 Å². The fourth-order valence-corrected chi connectivity index (χ4v) is 1.06. The van der Waals surface area contributed by atoms with E-state index in [4.69, 9.17) is 4.74 Å². The van der Waals surface area contributed by atoms with Gasteiger partial charge in [-0.3, -0.25) is 4.98 Å². The van der Waals surface area contributed by atoms with Crippen LogP contribution in [-0.2, 0) is 11.3 Å². The van der Waals surface area contributed by atoms with Crippen LogP contribution in [0.5, 0.6) is 5.75 Å². The molecule has 0 fully saturated rings. The first-order valence-corrected chi connectivity index (χ1v) is 3.79. The minimum Gasteiger partial charge on any atom is -0.506 e. The molecule has 0 aliphatic heterocycles. The Labute approximate surface area is 84.2 Å². The first-order chi connectivity index (χ1) is 5.66. The number of methoxy groups -OCH3 is 1. The number of halogens is 1. The number of aromatic nitrogens is 1. The number of hydrogen-bond acceptors (Lipinski definition) is 3. The van der Waals surface area contributed by atoms with Gasteiger partial charge in [0.25, 0.3) is 0 Å². The number of hydrogen-bond donors (Lipinski definition) is 1. The van der Waals surface area contributed by atoms with Gasteiger partial charge in [-0.25, -0.2) is 0 Å². The highest BCUT2D eigenvalue weighted by atomic mass is 35.5. The molecule has 1 aromatic rings. The zero-order valence-corrected chi connectivity index (χ0v) is 8.81. The fraction of sp³-hybridized carbons (Fsp3) is 0.444. The number of ether oxygens (including phenoxy) is 1. The molecule has 0 aromatic carbocycles. The maximum absolute atomic E-state index is 9.57. The molecular weight excluding hydrogens is 190 g/mol. The van der Waals surface area contributed by atoms with Crippen molar-refractivity contribution in [1.82, 2.24) is 4.98 Å². The summed E-state index contributed by atoms with van der Waals surface area (Å²) < 4.78 is 4.96. The molecule has 1 rings (SSSR count). The van der Waals surface area contributed by atoms with Gasteiger partial charge < -0.3 is 9.84 Å². The van der Waals surface area contributed by atoms with Crippen molar-refractivity contribution >= 4 is 12.4 Å². The number of nitrogens with zero attached hydrogens (tertiary/aromatic N) is 1. The second kappa shape index (κ2) is 5.04. The highest BCUT2D eigenvalue weighted by molar-refractivity contribution is 5.85. The number of rotatable bonds is 2. The lowest BCUT2D eigenvalue weighted by atomic mass is 10.1. The van der Waals surface area contributed by atoms with Crippen LogP contribution in [0.4, 0.5) is 0 Å². The van der Waals surface area contributed by atoms with Crippen molar-refractivity contribution in [3.63, 3.8) is 0 Å². The van der Waals surface area contributed by atoms with E-state index in [1.165, 1.54) is 0 Å². The van der Waals surface area contributed by atoms with Crippen molar-refractivity contribution in [2.75, 3.05) is 7.11 Å². The Kier molecular flexibility index (Phi) is 4.73. The minimum absolute atomic E-state index is 0. The van der Waals surface area contributed by atoms with Crippen LogP contribution in [0.3, 0.4) is 0 Å². The molecule has 1 aromatic heterocycles. The molecule has 0 amide bonds. The monoisotopic (exact) mass is 203 g/mol. The summed E-state index contributed by atoms with van der Waals surface area (Å²) in [7, 11) is 1.61. The fourth-order valence-electron chi connectivity index (χ4n) is 1.06. The maximum Gasteiger partial charge on any atom is 0.142 e. The van der Waals surface area contributed by atoms with Gasteiger partial charge in [-0.05, 0) is 19.4 Å². The van der Waals surface area contributed by atoms with E-state index < -0.39 is 0 Å². The third kappa shape index (κ3) is 2.57. The Bertz CT molecular complexity index is 289. The molecule has 0 aliphatic rings. The van der Waals surface area contributed by atoms with Gasteiger partial charge in [-0.1, -0.05) is 0 Å². The highest BCUT2D eigenvalue weighted by Crippen LogP contribution is 2.23. The Morgan fingerprint density at radius 2 is 2.08 bits per heavy atom. The third-order valence-electron chi connectivity index (χ3n) is 1.85. The molecule has 0 aliphatic carbocycles. The van der Waals surface area contributed by atoms with Crippen LogP contribution in [0.15, 0.2) is 6.20 Å². The molecule has 0 saturated carbocycles. The van der Waals surface area contributed by atoms with E-state index in [1.807, 2.05) is 6.92 Å². The lowest BCUT2D eigenvalue weighted by Gasteiger charge is -2.08. The Balaban J connectivity index is 0.00000144. The lowest BCUT2D eigenvalue weighted by Crippen LogP contribution is -1.96. The minimum atomic E-state index is 0. The summed E-state index contributed by atoms with van der Waals surface area (Å²) >= 11 is 0. The van der Waals surface area contributed by atoms with Crippen molar-refractivity contribution in [1.29, 1.82) is 0 Å². The van der Waals surface area contributed by atoms with Crippen LogP contribution in [0.25, 0.3) is 0 Å². The summed E-state index contributed by atoms with van der Waals surface area (Å²) in [6, 6.07) is 0. The van der Waals surface area contributed by atoms with Gasteiger partial charge in [0.15, 0.2) is 0 Å². The SMILES string of the molecule is COCc1c(C)cnc(C)c1O.Cl. The normalized spacial score (nSPS) is 9.46. The maximum atomic E-state index is 9.57. The van der Waals surface area contributed by atoms with E-state index in [-0.39, 0.29) is 18.2 Å². The van der Waals surface area contributed by atoms with Crippen LogP contribution in [0, 0.1) is 13.8 Å². The van der Waals surface area contributed by atoms with Gasteiger partial charge in [0, 0.05) is 18.9 Å². The zero-order chi connectivity index (χ0) is 9.14. The molecule has 0 atom stereocenters. The number of pyridine rings is 1. The smallest absolute Gasteiger partial charge is 0.142 e. The predicted octanol–water partition coefficient (Wildman–Crippen LogP) is 1.97. The molecule has 0 bridgehead atoms. The molecule has 3 nitrogen and oxygen atoms in total. The third-order valence-corrected chi connectivity index (χ3v) is 1.85. The summed E-state index contributed by atoms with van der Waals surface area (Å²) in [5.41, 5.74) is 2.43. The molecule has 0 spiro atoms. The number of aryl methyl sites for hydroxylation is 2. The molecule has 0 unspecified atom stereocenters. The summed E-state index contributed by atoms with van der Waals surface area (Å²) in [6.07, 6.45) is 1.74. The van der Waals surface area contributed by atoms with E-state index in [1.54, 1.807) is 20.2 Å². The van der Waals surface area contributed by atoms with Crippen molar-refractivity contribution < 1.29 is 9.84 Å². The molecule has 1 N–H and O–H groups in total. The summed E-state index contributed by atoms with van der Waals surface area (Å²) in [5, 5.41) is 9.57. The Morgan fingerprint density at radius 1 is 1.46 bits per heavy atom. The number of aromatic hydroxyl groups is 1. The molecule has 74 valence electrons. The summed E-state index contributed by atoms with van der Waals surface area (Å²) in [5.74, 6) is 0.247. The lowest BCUT2D eigenvalue weighted by molar-refractivity contribution is 0.181. The van der Waals surface area contributed by atoms with Gasteiger partial charge >= 0.3 is 0 Å². The molecule has 4 heteroatoms. The van der Waals surface area contributed by atoms with E-state index in [0.29, 0.717) is 12.3 Å². The van der Waals surface area contributed by atoms with Gasteiger partial charge in [-0.2, -0.15) is 0 Å². The largest absolute Gasteiger partial charge is 0.506 e. The van der Waals surface area contributed by atoms with Crippen LogP contribution >= 0.6 is 12.4 Å². The average molecular weight is 204 g/mol.